The highest BCUT2D eigenvalue weighted by Crippen LogP contribution is 2.27. The van der Waals surface area contributed by atoms with Gasteiger partial charge in [-0.25, -0.2) is 8.42 Å². The maximum Gasteiger partial charge on any atom is 0.255 e. The zero-order valence-corrected chi connectivity index (χ0v) is 20.2. The third-order valence-corrected chi connectivity index (χ3v) is 7.80. The Morgan fingerprint density at radius 2 is 1.77 bits per heavy atom. The predicted molar refractivity (Wildman–Crippen MR) is 126 cm³/mol. The lowest BCUT2D eigenvalue weighted by molar-refractivity contribution is 0.102. The van der Waals surface area contributed by atoms with Crippen molar-refractivity contribution >= 4 is 37.5 Å². The fourth-order valence-corrected chi connectivity index (χ4v) is 5.47. The summed E-state index contributed by atoms with van der Waals surface area (Å²) in [5.74, 6) is 0.440. The minimum absolute atomic E-state index is 0.246. The van der Waals surface area contributed by atoms with Gasteiger partial charge in [0.15, 0.2) is 0 Å². The topological polar surface area (TPSA) is 75.7 Å². The number of rotatable bonds is 10. The summed E-state index contributed by atoms with van der Waals surface area (Å²) < 4.78 is 33.2. The van der Waals surface area contributed by atoms with Crippen molar-refractivity contribution in [3.63, 3.8) is 0 Å². The summed E-state index contributed by atoms with van der Waals surface area (Å²) in [6.45, 7) is 3.95. The van der Waals surface area contributed by atoms with Gasteiger partial charge in [-0.05, 0) is 77.7 Å². The average Bonchev–Trinajstić information content (AvgIpc) is 3.31. The van der Waals surface area contributed by atoms with E-state index in [1.807, 2.05) is 0 Å². The highest BCUT2D eigenvalue weighted by molar-refractivity contribution is 9.10. The van der Waals surface area contributed by atoms with Crippen molar-refractivity contribution in [2.75, 3.05) is 25.0 Å². The summed E-state index contributed by atoms with van der Waals surface area (Å²) in [5.41, 5.74) is 1.02. The predicted octanol–water partition coefficient (Wildman–Crippen LogP) is 5.45. The quantitative estimate of drug-likeness (QED) is 0.433. The lowest BCUT2D eigenvalue weighted by Gasteiger charge is -2.15. The molecule has 6 nitrogen and oxygen atoms in total. The molecule has 1 fully saturated rings. The average molecular weight is 509 g/mol. The number of ether oxygens (including phenoxy) is 1. The van der Waals surface area contributed by atoms with Gasteiger partial charge in [0.05, 0.1) is 16.0 Å². The number of hydrogen-bond donors (Lipinski definition) is 1. The molecular weight excluding hydrogens is 480 g/mol. The van der Waals surface area contributed by atoms with E-state index in [1.165, 1.54) is 29.3 Å². The first kappa shape index (κ1) is 23.8. The first-order valence-electron chi connectivity index (χ1n) is 10.8. The number of carbonyl (C=O) groups excluding carboxylic acids is 1. The largest absolute Gasteiger partial charge is 0.492 e. The second-order valence-electron chi connectivity index (χ2n) is 7.64. The number of anilines is 1. The van der Waals surface area contributed by atoms with Gasteiger partial charge in [-0.1, -0.05) is 26.2 Å². The van der Waals surface area contributed by atoms with Gasteiger partial charge in [-0.3, -0.25) is 4.79 Å². The number of unbranched alkanes of at least 4 members (excludes halogenated alkanes) is 3. The summed E-state index contributed by atoms with van der Waals surface area (Å²) in [4.78, 5) is 12.8. The van der Waals surface area contributed by atoms with Crippen LogP contribution in [0.15, 0.2) is 51.8 Å². The van der Waals surface area contributed by atoms with Crippen molar-refractivity contribution in [1.29, 1.82) is 0 Å². The summed E-state index contributed by atoms with van der Waals surface area (Å²) >= 11 is 3.47. The molecule has 0 saturated carbocycles. The van der Waals surface area contributed by atoms with Crippen LogP contribution in [0.5, 0.6) is 5.75 Å². The molecule has 0 spiro atoms. The van der Waals surface area contributed by atoms with E-state index in [4.69, 9.17) is 4.74 Å². The molecular formula is C23H29BrN2O4S. The molecule has 0 radical (unpaired) electrons. The number of benzene rings is 2. The van der Waals surface area contributed by atoms with Gasteiger partial charge in [-0.15, -0.1) is 0 Å². The molecule has 1 saturated heterocycles. The molecule has 1 amide bonds. The summed E-state index contributed by atoms with van der Waals surface area (Å²) in [5, 5.41) is 2.81. The molecule has 8 heteroatoms. The van der Waals surface area contributed by atoms with E-state index in [-0.39, 0.29) is 10.8 Å². The Balaban J connectivity index is 1.59. The maximum absolute atomic E-state index is 12.6. The Morgan fingerprint density at radius 3 is 2.42 bits per heavy atom. The van der Waals surface area contributed by atoms with Crippen molar-refractivity contribution < 1.29 is 17.9 Å². The van der Waals surface area contributed by atoms with Crippen LogP contribution in [-0.2, 0) is 10.0 Å². The van der Waals surface area contributed by atoms with Crippen molar-refractivity contribution in [3.8, 4) is 5.75 Å². The fraction of sp³-hybridized carbons (Fsp3) is 0.435. The fourth-order valence-electron chi connectivity index (χ4n) is 3.46. The van der Waals surface area contributed by atoms with Gasteiger partial charge in [0.2, 0.25) is 10.0 Å². The van der Waals surface area contributed by atoms with E-state index in [0.717, 1.165) is 30.2 Å². The smallest absolute Gasteiger partial charge is 0.255 e. The van der Waals surface area contributed by atoms with E-state index >= 15 is 0 Å². The number of halogens is 1. The van der Waals surface area contributed by atoms with Crippen LogP contribution in [0.2, 0.25) is 0 Å². The van der Waals surface area contributed by atoms with Crippen LogP contribution in [0.1, 0.15) is 55.8 Å². The molecule has 0 bridgehead atoms. The van der Waals surface area contributed by atoms with Crippen molar-refractivity contribution in [2.45, 2.75) is 50.3 Å². The van der Waals surface area contributed by atoms with Gasteiger partial charge < -0.3 is 10.1 Å². The summed E-state index contributed by atoms with van der Waals surface area (Å²) in [6.07, 6.45) is 6.33. The third kappa shape index (κ3) is 6.30. The first-order valence-corrected chi connectivity index (χ1v) is 13.0. The van der Waals surface area contributed by atoms with Crippen LogP contribution in [0.25, 0.3) is 0 Å². The van der Waals surface area contributed by atoms with Gasteiger partial charge in [0, 0.05) is 24.3 Å². The molecule has 31 heavy (non-hydrogen) atoms. The molecule has 0 atom stereocenters. The maximum atomic E-state index is 12.6. The van der Waals surface area contributed by atoms with Gasteiger partial charge in [0.25, 0.3) is 5.91 Å². The van der Waals surface area contributed by atoms with E-state index in [0.29, 0.717) is 36.7 Å². The highest BCUT2D eigenvalue weighted by atomic mass is 79.9. The summed E-state index contributed by atoms with van der Waals surface area (Å²) in [7, 11) is -3.46. The molecule has 1 aliphatic rings. The van der Waals surface area contributed by atoms with Crippen LogP contribution in [0.4, 0.5) is 5.69 Å². The molecule has 0 aromatic heterocycles. The Hall–Kier alpha value is -1.90. The second kappa shape index (κ2) is 11.1. The molecule has 0 unspecified atom stereocenters. The van der Waals surface area contributed by atoms with Crippen LogP contribution < -0.4 is 10.1 Å². The van der Waals surface area contributed by atoms with Crippen molar-refractivity contribution in [2.24, 2.45) is 0 Å². The van der Waals surface area contributed by atoms with E-state index in [2.05, 4.69) is 28.2 Å². The molecule has 1 aliphatic heterocycles. The van der Waals surface area contributed by atoms with E-state index in [1.54, 1.807) is 30.3 Å². The Kier molecular flexibility index (Phi) is 8.51. The lowest BCUT2D eigenvalue weighted by Crippen LogP contribution is -2.27. The van der Waals surface area contributed by atoms with E-state index < -0.39 is 10.0 Å². The van der Waals surface area contributed by atoms with Crippen LogP contribution in [0.3, 0.4) is 0 Å². The zero-order valence-electron chi connectivity index (χ0n) is 17.8. The van der Waals surface area contributed by atoms with Crippen molar-refractivity contribution in [1.82, 2.24) is 4.31 Å². The monoisotopic (exact) mass is 508 g/mol. The Bertz CT molecular complexity index is 987. The number of carbonyl (C=O) groups is 1. The Labute approximate surface area is 193 Å². The SMILES string of the molecule is CCCCCCOc1ccc(C(=O)Nc2ccc(S(=O)(=O)N3CCCC3)cc2)cc1Br. The summed E-state index contributed by atoms with van der Waals surface area (Å²) in [6, 6.07) is 11.5. The molecule has 168 valence electrons. The molecule has 0 aliphatic carbocycles. The number of nitrogens with one attached hydrogen (secondary N) is 1. The van der Waals surface area contributed by atoms with Gasteiger partial charge >= 0.3 is 0 Å². The van der Waals surface area contributed by atoms with Crippen molar-refractivity contribution in [3.05, 3.63) is 52.5 Å². The minimum Gasteiger partial charge on any atom is -0.492 e. The molecule has 1 heterocycles. The zero-order chi connectivity index (χ0) is 22.3. The third-order valence-electron chi connectivity index (χ3n) is 5.26. The molecule has 3 rings (SSSR count). The van der Waals surface area contributed by atoms with E-state index in [9.17, 15) is 13.2 Å². The number of amides is 1. The second-order valence-corrected chi connectivity index (χ2v) is 10.4. The molecule has 2 aromatic rings. The highest BCUT2D eigenvalue weighted by Gasteiger charge is 2.26. The van der Waals surface area contributed by atoms with Crippen LogP contribution >= 0.6 is 15.9 Å². The number of sulfonamides is 1. The normalized spacial score (nSPS) is 14.5. The standard InChI is InChI=1S/C23H29BrN2O4S/c1-2-3-4-7-16-30-22-13-8-18(17-21(22)24)23(27)25-19-9-11-20(12-10-19)31(28,29)26-14-5-6-15-26/h8-13,17H,2-7,14-16H2,1H3,(H,25,27). The minimum atomic E-state index is -3.46. The molecule has 1 N–H and O–H groups in total. The van der Waals surface area contributed by atoms with Crippen LogP contribution in [-0.4, -0.2) is 38.3 Å². The number of nitrogens with zero attached hydrogens (tertiary/aromatic N) is 1. The first-order chi connectivity index (χ1) is 14.9. The van der Waals surface area contributed by atoms with Gasteiger partial charge in [-0.2, -0.15) is 4.31 Å². The van der Waals surface area contributed by atoms with Gasteiger partial charge in [0.1, 0.15) is 5.75 Å². The number of hydrogen-bond acceptors (Lipinski definition) is 4. The molecule has 2 aromatic carbocycles. The Morgan fingerprint density at radius 1 is 1.06 bits per heavy atom. The lowest BCUT2D eigenvalue weighted by atomic mass is 10.2. The van der Waals surface area contributed by atoms with Crippen LogP contribution in [0, 0.1) is 0 Å².